The van der Waals surface area contributed by atoms with E-state index in [0.29, 0.717) is 12.3 Å². The summed E-state index contributed by atoms with van der Waals surface area (Å²) in [7, 11) is 0. The highest BCUT2D eigenvalue weighted by Crippen LogP contribution is 2.10. The molecule has 0 aromatic heterocycles. The van der Waals surface area contributed by atoms with E-state index in [1.165, 1.54) is 0 Å². The lowest BCUT2D eigenvalue weighted by Crippen LogP contribution is -2.01. The van der Waals surface area contributed by atoms with E-state index in [2.05, 4.69) is 13.8 Å². The van der Waals surface area contributed by atoms with Crippen molar-refractivity contribution in [3.63, 3.8) is 0 Å². The molecule has 16 heavy (non-hydrogen) atoms. The van der Waals surface area contributed by atoms with Crippen LogP contribution in [0.1, 0.15) is 32.3 Å². The zero-order valence-corrected chi connectivity index (χ0v) is 9.94. The summed E-state index contributed by atoms with van der Waals surface area (Å²) in [6.07, 6.45) is 5.16. The zero-order chi connectivity index (χ0) is 12.0. The van der Waals surface area contributed by atoms with Gasteiger partial charge in [0, 0.05) is 12.1 Å². The number of benzene rings is 1. The Labute approximate surface area is 97.2 Å². The first kappa shape index (κ1) is 12.5. The maximum absolute atomic E-state index is 11.5. The van der Waals surface area contributed by atoms with Gasteiger partial charge in [0.2, 0.25) is 0 Å². The van der Waals surface area contributed by atoms with Crippen molar-refractivity contribution in [1.82, 2.24) is 0 Å². The second-order valence-electron chi connectivity index (χ2n) is 4.18. The molecule has 0 aliphatic carbocycles. The monoisotopic (exact) mass is 217 g/mol. The molecule has 0 bridgehead atoms. The van der Waals surface area contributed by atoms with E-state index in [0.717, 1.165) is 17.7 Å². The van der Waals surface area contributed by atoms with Gasteiger partial charge in [0.25, 0.3) is 0 Å². The number of hydrogen-bond acceptors (Lipinski definition) is 2. The van der Waals surface area contributed by atoms with Gasteiger partial charge in [0.15, 0.2) is 5.78 Å². The van der Waals surface area contributed by atoms with Crippen molar-refractivity contribution in [1.29, 1.82) is 0 Å². The Hall–Kier alpha value is -1.57. The Kier molecular flexibility index (Phi) is 4.77. The topological polar surface area (TPSA) is 43.1 Å². The van der Waals surface area contributed by atoms with Crippen LogP contribution in [0.5, 0.6) is 0 Å². The van der Waals surface area contributed by atoms with Crippen LogP contribution < -0.4 is 5.73 Å². The van der Waals surface area contributed by atoms with E-state index in [9.17, 15) is 4.79 Å². The quantitative estimate of drug-likeness (QED) is 0.607. The standard InChI is InChI=1S/C14H19NO/c1-3-11(2)10-14(16)9-6-12-4-7-13(15)8-5-12/h4-9,11H,3,10,15H2,1-2H3/b9-6+. The molecule has 1 aromatic carbocycles. The molecule has 2 nitrogen and oxygen atoms in total. The molecule has 0 heterocycles. The van der Waals surface area contributed by atoms with Crippen molar-refractivity contribution in [2.45, 2.75) is 26.7 Å². The summed E-state index contributed by atoms with van der Waals surface area (Å²) < 4.78 is 0. The molecular formula is C14H19NO. The minimum atomic E-state index is 0.186. The van der Waals surface area contributed by atoms with Crippen LogP contribution in [0, 0.1) is 5.92 Å². The van der Waals surface area contributed by atoms with Crippen LogP contribution in [-0.4, -0.2) is 5.78 Å². The molecule has 86 valence electrons. The van der Waals surface area contributed by atoms with E-state index in [1.807, 2.05) is 30.3 Å². The second kappa shape index (κ2) is 6.11. The van der Waals surface area contributed by atoms with Crippen molar-refractivity contribution in [3.05, 3.63) is 35.9 Å². The fraction of sp³-hybridized carbons (Fsp3) is 0.357. The SMILES string of the molecule is CCC(C)CC(=O)/C=C/c1ccc(N)cc1. The molecule has 0 fully saturated rings. The third-order valence-corrected chi connectivity index (χ3v) is 2.64. The van der Waals surface area contributed by atoms with Gasteiger partial charge < -0.3 is 5.73 Å². The fourth-order valence-corrected chi connectivity index (χ4v) is 1.35. The lowest BCUT2D eigenvalue weighted by Gasteiger charge is -2.03. The predicted octanol–water partition coefficient (Wildman–Crippen LogP) is 3.29. The molecule has 0 radical (unpaired) electrons. The Bertz CT molecular complexity index is 365. The summed E-state index contributed by atoms with van der Waals surface area (Å²) in [5, 5.41) is 0. The zero-order valence-electron chi connectivity index (χ0n) is 9.94. The van der Waals surface area contributed by atoms with Crippen LogP contribution in [0.15, 0.2) is 30.3 Å². The van der Waals surface area contributed by atoms with Gasteiger partial charge in [0.1, 0.15) is 0 Å². The summed E-state index contributed by atoms with van der Waals surface area (Å²) in [5.74, 6) is 0.648. The normalized spacial score (nSPS) is 12.9. The van der Waals surface area contributed by atoms with Gasteiger partial charge in [-0.15, -0.1) is 0 Å². The van der Waals surface area contributed by atoms with E-state index in [4.69, 9.17) is 5.73 Å². The summed E-state index contributed by atoms with van der Waals surface area (Å²) in [5.41, 5.74) is 7.32. The van der Waals surface area contributed by atoms with Crippen LogP contribution in [0.3, 0.4) is 0 Å². The summed E-state index contributed by atoms with van der Waals surface area (Å²) in [6, 6.07) is 7.47. The third kappa shape index (κ3) is 4.30. The van der Waals surface area contributed by atoms with Crippen molar-refractivity contribution in [2.24, 2.45) is 5.92 Å². The fourth-order valence-electron chi connectivity index (χ4n) is 1.35. The van der Waals surface area contributed by atoms with Crippen molar-refractivity contribution >= 4 is 17.5 Å². The predicted molar refractivity (Wildman–Crippen MR) is 69.0 cm³/mol. The molecule has 0 amide bonds. The number of rotatable bonds is 5. The lowest BCUT2D eigenvalue weighted by atomic mass is 10.0. The van der Waals surface area contributed by atoms with Gasteiger partial charge >= 0.3 is 0 Å². The number of hydrogen-bond donors (Lipinski definition) is 1. The number of ketones is 1. The van der Waals surface area contributed by atoms with Crippen LogP contribution in [0.4, 0.5) is 5.69 Å². The largest absolute Gasteiger partial charge is 0.399 e. The van der Waals surface area contributed by atoms with Gasteiger partial charge in [-0.25, -0.2) is 0 Å². The maximum atomic E-state index is 11.5. The van der Waals surface area contributed by atoms with Crippen molar-refractivity contribution in [2.75, 3.05) is 5.73 Å². The molecule has 0 aliphatic rings. The molecule has 0 saturated heterocycles. The number of nitrogen functional groups attached to an aromatic ring is 1. The van der Waals surface area contributed by atoms with Crippen molar-refractivity contribution < 1.29 is 4.79 Å². The average molecular weight is 217 g/mol. The molecular weight excluding hydrogens is 198 g/mol. The van der Waals surface area contributed by atoms with Crippen LogP contribution in [-0.2, 0) is 4.79 Å². The number of carbonyl (C=O) groups is 1. The van der Waals surface area contributed by atoms with Gasteiger partial charge in [-0.3, -0.25) is 4.79 Å². The Morgan fingerprint density at radius 1 is 1.38 bits per heavy atom. The number of allylic oxidation sites excluding steroid dienone is 1. The molecule has 2 N–H and O–H groups in total. The Morgan fingerprint density at radius 2 is 2.00 bits per heavy atom. The third-order valence-electron chi connectivity index (χ3n) is 2.64. The number of nitrogens with two attached hydrogens (primary N) is 1. The van der Waals surface area contributed by atoms with E-state index in [1.54, 1.807) is 6.08 Å². The highest BCUT2D eigenvalue weighted by molar-refractivity contribution is 5.93. The summed E-state index contributed by atoms with van der Waals surface area (Å²) >= 11 is 0. The van der Waals surface area contributed by atoms with Gasteiger partial charge in [-0.05, 0) is 29.7 Å². The first-order chi connectivity index (χ1) is 7.61. The average Bonchev–Trinajstić information content (AvgIpc) is 2.28. The molecule has 1 atom stereocenters. The lowest BCUT2D eigenvalue weighted by molar-refractivity contribution is -0.115. The van der Waals surface area contributed by atoms with Crippen LogP contribution in [0.2, 0.25) is 0 Å². The molecule has 1 aromatic rings. The highest BCUT2D eigenvalue weighted by Gasteiger charge is 2.03. The first-order valence-corrected chi connectivity index (χ1v) is 5.68. The summed E-state index contributed by atoms with van der Waals surface area (Å²) in [4.78, 5) is 11.5. The van der Waals surface area contributed by atoms with E-state index < -0.39 is 0 Å². The van der Waals surface area contributed by atoms with Gasteiger partial charge in [-0.1, -0.05) is 38.5 Å². The van der Waals surface area contributed by atoms with E-state index in [-0.39, 0.29) is 5.78 Å². The van der Waals surface area contributed by atoms with Crippen molar-refractivity contribution in [3.8, 4) is 0 Å². The van der Waals surface area contributed by atoms with Crippen LogP contribution >= 0.6 is 0 Å². The summed E-state index contributed by atoms with van der Waals surface area (Å²) in [6.45, 7) is 4.19. The Morgan fingerprint density at radius 3 is 2.56 bits per heavy atom. The number of carbonyl (C=O) groups excluding carboxylic acids is 1. The molecule has 0 aliphatic heterocycles. The number of anilines is 1. The second-order valence-corrected chi connectivity index (χ2v) is 4.18. The first-order valence-electron chi connectivity index (χ1n) is 5.68. The minimum Gasteiger partial charge on any atom is -0.399 e. The minimum absolute atomic E-state index is 0.186. The van der Waals surface area contributed by atoms with Gasteiger partial charge in [-0.2, -0.15) is 0 Å². The smallest absolute Gasteiger partial charge is 0.155 e. The van der Waals surface area contributed by atoms with Crippen LogP contribution in [0.25, 0.3) is 6.08 Å². The molecule has 0 saturated carbocycles. The molecule has 1 rings (SSSR count). The van der Waals surface area contributed by atoms with E-state index >= 15 is 0 Å². The maximum Gasteiger partial charge on any atom is 0.155 e. The Balaban J connectivity index is 2.53. The van der Waals surface area contributed by atoms with Gasteiger partial charge in [0.05, 0.1) is 0 Å². The highest BCUT2D eigenvalue weighted by atomic mass is 16.1. The molecule has 1 unspecified atom stereocenters. The molecule has 2 heteroatoms. The molecule has 0 spiro atoms.